The molecule has 1 N–H and O–H groups in total. The fourth-order valence-corrected chi connectivity index (χ4v) is 3.74. The molecule has 1 aliphatic rings. The molecule has 0 fully saturated rings. The highest BCUT2D eigenvalue weighted by molar-refractivity contribution is 9.10. The smallest absolute Gasteiger partial charge is 0.306 e. The molecular weight excluding hydrogens is 316 g/mol. The summed E-state index contributed by atoms with van der Waals surface area (Å²) in [5, 5.41) is 11.1. The van der Waals surface area contributed by atoms with Gasteiger partial charge in [-0.1, -0.05) is 0 Å². The van der Waals surface area contributed by atoms with Gasteiger partial charge in [-0.3, -0.25) is 4.79 Å². The quantitative estimate of drug-likeness (QED) is 0.922. The van der Waals surface area contributed by atoms with Gasteiger partial charge < -0.3 is 9.67 Å². The molecule has 6 heteroatoms. The second kappa shape index (κ2) is 4.51. The first-order valence-corrected chi connectivity index (χ1v) is 7.33. The Morgan fingerprint density at radius 2 is 2.44 bits per heavy atom. The van der Waals surface area contributed by atoms with E-state index in [9.17, 15) is 4.79 Å². The summed E-state index contributed by atoms with van der Waals surface area (Å²) in [7, 11) is 0. The van der Waals surface area contributed by atoms with Crippen LogP contribution in [0.1, 0.15) is 12.1 Å². The highest BCUT2D eigenvalue weighted by Crippen LogP contribution is 2.34. The van der Waals surface area contributed by atoms with Crippen LogP contribution in [0.3, 0.4) is 0 Å². The van der Waals surface area contributed by atoms with Gasteiger partial charge in [0, 0.05) is 28.5 Å². The number of carboxylic acids is 1. The second-order valence-electron chi connectivity index (χ2n) is 4.39. The first-order chi connectivity index (χ1) is 8.65. The Balaban J connectivity index is 1.99. The Kier molecular flexibility index (Phi) is 2.99. The Labute approximate surface area is 116 Å². The van der Waals surface area contributed by atoms with Crippen LogP contribution in [0.25, 0.3) is 10.6 Å². The van der Waals surface area contributed by atoms with Gasteiger partial charge in [-0.25, -0.2) is 4.98 Å². The lowest BCUT2D eigenvalue weighted by Gasteiger charge is -2.21. The molecule has 1 unspecified atom stereocenters. The van der Waals surface area contributed by atoms with Crippen molar-refractivity contribution in [2.45, 2.75) is 19.4 Å². The summed E-state index contributed by atoms with van der Waals surface area (Å²) in [6, 6.07) is 2.03. The Morgan fingerprint density at radius 3 is 3.11 bits per heavy atom. The molecule has 0 aromatic carbocycles. The third-order valence-corrected chi connectivity index (χ3v) is 4.95. The van der Waals surface area contributed by atoms with E-state index < -0.39 is 5.97 Å². The average molecular weight is 327 g/mol. The second-order valence-corrected chi connectivity index (χ2v) is 6.22. The van der Waals surface area contributed by atoms with Crippen molar-refractivity contribution in [1.82, 2.24) is 9.55 Å². The van der Waals surface area contributed by atoms with Crippen LogP contribution in [0.15, 0.2) is 22.2 Å². The van der Waals surface area contributed by atoms with Gasteiger partial charge in [0.05, 0.1) is 17.1 Å². The minimum absolute atomic E-state index is 0.281. The van der Waals surface area contributed by atoms with E-state index >= 15 is 0 Å². The lowest BCUT2D eigenvalue weighted by atomic mass is 9.95. The van der Waals surface area contributed by atoms with Crippen LogP contribution in [0.4, 0.5) is 0 Å². The van der Waals surface area contributed by atoms with Crippen molar-refractivity contribution in [2.75, 3.05) is 0 Å². The number of carbonyl (C=O) groups is 1. The van der Waals surface area contributed by atoms with Crippen LogP contribution in [0, 0.1) is 5.92 Å². The first-order valence-electron chi connectivity index (χ1n) is 5.66. The Bertz CT molecular complexity index is 605. The van der Waals surface area contributed by atoms with E-state index in [1.165, 1.54) is 0 Å². The van der Waals surface area contributed by atoms with Gasteiger partial charge in [-0.2, -0.15) is 0 Å². The number of nitrogens with zero attached hydrogens (tertiary/aromatic N) is 2. The van der Waals surface area contributed by atoms with E-state index in [1.807, 2.05) is 17.8 Å². The van der Waals surface area contributed by atoms with Crippen LogP contribution < -0.4 is 0 Å². The number of fused-ring (bicyclic) bond motifs is 1. The SMILES string of the molecule is O=C(O)C1CCn2cnc(-c3cc(Br)cs3)c2C1. The maximum absolute atomic E-state index is 11.1. The van der Waals surface area contributed by atoms with E-state index in [0.29, 0.717) is 12.8 Å². The van der Waals surface area contributed by atoms with Crippen molar-refractivity contribution in [3.8, 4) is 10.6 Å². The Hall–Kier alpha value is -1.14. The predicted octanol–water partition coefficient (Wildman–Crippen LogP) is 3.02. The molecule has 18 heavy (non-hydrogen) atoms. The van der Waals surface area contributed by atoms with E-state index in [0.717, 1.165) is 27.3 Å². The molecule has 3 heterocycles. The van der Waals surface area contributed by atoms with Crippen LogP contribution in [0.5, 0.6) is 0 Å². The number of hydrogen-bond acceptors (Lipinski definition) is 3. The summed E-state index contributed by atoms with van der Waals surface area (Å²) in [5.74, 6) is -0.989. The molecule has 4 nitrogen and oxygen atoms in total. The van der Waals surface area contributed by atoms with Crippen molar-refractivity contribution in [3.63, 3.8) is 0 Å². The highest BCUT2D eigenvalue weighted by Gasteiger charge is 2.27. The first kappa shape index (κ1) is 11.9. The van der Waals surface area contributed by atoms with E-state index in [-0.39, 0.29) is 5.92 Å². The van der Waals surface area contributed by atoms with Crippen molar-refractivity contribution >= 4 is 33.2 Å². The number of halogens is 1. The summed E-state index contributed by atoms with van der Waals surface area (Å²) >= 11 is 5.05. The predicted molar refractivity (Wildman–Crippen MR) is 72.7 cm³/mol. The summed E-state index contributed by atoms with van der Waals surface area (Å²) in [4.78, 5) is 16.6. The van der Waals surface area contributed by atoms with Crippen molar-refractivity contribution in [1.29, 1.82) is 0 Å². The van der Waals surface area contributed by atoms with Gasteiger partial charge >= 0.3 is 5.97 Å². The third-order valence-electron chi connectivity index (χ3n) is 3.25. The number of hydrogen-bond donors (Lipinski definition) is 1. The molecule has 0 radical (unpaired) electrons. The molecule has 1 atom stereocenters. The van der Waals surface area contributed by atoms with Gasteiger partial charge in [0.2, 0.25) is 0 Å². The summed E-state index contributed by atoms with van der Waals surface area (Å²) in [6.45, 7) is 0.742. The molecule has 94 valence electrons. The van der Waals surface area contributed by atoms with Crippen molar-refractivity contribution in [3.05, 3.63) is 27.9 Å². The number of carboxylic acid groups (broad SMARTS) is 1. The van der Waals surface area contributed by atoms with Crippen LogP contribution in [0.2, 0.25) is 0 Å². The number of imidazole rings is 1. The monoisotopic (exact) mass is 326 g/mol. The molecule has 3 rings (SSSR count). The maximum Gasteiger partial charge on any atom is 0.306 e. The number of aliphatic carboxylic acids is 1. The van der Waals surface area contributed by atoms with E-state index in [1.54, 1.807) is 11.3 Å². The molecule has 2 aromatic heterocycles. The molecule has 0 saturated heterocycles. The third kappa shape index (κ3) is 1.99. The Morgan fingerprint density at radius 1 is 1.61 bits per heavy atom. The topological polar surface area (TPSA) is 55.1 Å². The summed E-state index contributed by atoms with van der Waals surface area (Å²) in [6.07, 6.45) is 3.07. The van der Waals surface area contributed by atoms with Crippen LogP contribution in [-0.4, -0.2) is 20.6 Å². The molecule has 0 amide bonds. The maximum atomic E-state index is 11.1. The molecule has 1 aliphatic heterocycles. The van der Waals surface area contributed by atoms with Crippen molar-refractivity contribution < 1.29 is 9.90 Å². The molecule has 0 aliphatic carbocycles. The van der Waals surface area contributed by atoms with Gasteiger partial charge in [0.1, 0.15) is 5.69 Å². The highest BCUT2D eigenvalue weighted by atomic mass is 79.9. The van der Waals surface area contributed by atoms with Crippen molar-refractivity contribution in [2.24, 2.45) is 5.92 Å². The standard InChI is InChI=1S/C12H11BrN2O2S/c13-8-4-10(18-5-8)11-9-3-7(12(16)17)1-2-15(9)6-14-11/h4-7H,1-3H2,(H,16,17). The number of aryl methyl sites for hydroxylation is 1. The summed E-state index contributed by atoms with van der Waals surface area (Å²) < 4.78 is 3.11. The zero-order valence-electron chi connectivity index (χ0n) is 9.47. The molecule has 2 aromatic rings. The number of thiophene rings is 1. The van der Waals surface area contributed by atoms with E-state index in [4.69, 9.17) is 5.11 Å². The average Bonchev–Trinajstić information content (AvgIpc) is 2.93. The van der Waals surface area contributed by atoms with E-state index in [2.05, 4.69) is 25.5 Å². The van der Waals surface area contributed by atoms with Gasteiger partial charge in [0.25, 0.3) is 0 Å². The zero-order valence-corrected chi connectivity index (χ0v) is 11.9. The summed E-state index contributed by atoms with van der Waals surface area (Å²) in [5.41, 5.74) is 1.97. The van der Waals surface area contributed by atoms with Gasteiger partial charge in [-0.05, 0) is 28.4 Å². The normalized spacial score (nSPS) is 18.6. The minimum Gasteiger partial charge on any atom is -0.481 e. The van der Waals surface area contributed by atoms with Gasteiger partial charge in [-0.15, -0.1) is 11.3 Å². The van der Waals surface area contributed by atoms with Gasteiger partial charge in [0.15, 0.2) is 0 Å². The van der Waals surface area contributed by atoms with Crippen LogP contribution >= 0.6 is 27.3 Å². The molecule has 0 bridgehead atoms. The number of rotatable bonds is 2. The molecular formula is C12H11BrN2O2S. The van der Waals surface area contributed by atoms with Crippen LogP contribution in [-0.2, 0) is 17.8 Å². The fraction of sp³-hybridized carbons (Fsp3) is 0.333. The molecule has 0 spiro atoms. The lowest BCUT2D eigenvalue weighted by Crippen LogP contribution is -2.25. The number of aromatic nitrogens is 2. The minimum atomic E-state index is -0.708. The molecule has 0 saturated carbocycles. The largest absolute Gasteiger partial charge is 0.481 e. The fourth-order valence-electron chi connectivity index (χ4n) is 2.30. The zero-order chi connectivity index (χ0) is 12.7. The lowest BCUT2D eigenvalue weighted by molar-refractivity contribution is -0.142.